The fraction of sp³-hybridized carbons (Fsp3) is 0.400. The average Bonchev–Trinajstić information content (AvgIpc) is 2.39. The maximum absolute atomic E-state index is 3.68. The molecule has 0 saturated carbocycles. The van der Waals surface area contributed by atoms with Gasteiger partial charge in [-0.2, -0.15) is 0 Å². The van der Waals surface area contributed by atoms with Gasteiger partial charge in [0.1, 0.15) is 0 Å². The summed E-state index contributed by atoms with van der Waals surface area (Å²) in [4.78, 5) is 0. The first-order chi connectivity index (χ1) is 5.38. The van der Waals surface area contributed by atoms with Crippen LogP contribution in [0, 0.1) is 0 Å². The fourth-order valence-corrected chi connectivity index (χ4v) is 1.32. The molecule has 0 radical (unpaired) electrons. The second-order valence-corrected chi connectivity index (χ2v) is 2.63. The van der Waals surface area contributed by atoms with E-state index < -0.39 is 0 Å². The smallest absolute Gasteiger partial charge is 0.0370 e. The summed E-state index contributed by atoms with van der Waals surface area (Å²) < 4.78 is 0. The molecule has 0 spiro atoms. The van der Waals surface area contributed by atoms with Crippen molar-refractivity contribution in [3.63, 3.8) is 0 Å². The minimum atomic E-state index is 1.07. The molecule has 0 bridgehead atoms. The summed E-state index contributed by atoms with van der Waals surface area (Å²) in [5.41, 5.74) is 2.69. The lowest BCUT2D eigenvalue weighted by molar-refractivity contribution is 0.915. The predicted molar refractivity (Wildman–Crippen MR) is 49.3 cm³/mol. The molecule has 1 nitrogen and oxygen atoms in total. The van der Waals surface area contributed by atoms with Crippen LogP contribution in [0.5, 0.6) is 0 Å². The quantitative estimate of drug-likeness (QED) is 0.635. The number of hydrogen-bond acceptors (Lipinski definition) is 1. The van der Waals surface area contributed by atoms with E-state index >= 15 is 0 Å². The Morgan fingerprint density at radius 3 is 3.09 bits per heavy atom. The third-order valence-electron chi connectivity index (χ3n) is 1.79. The van der Waals surface area contributed by atoms with Crippen molar-refractivity contribution < 1.29 is 0 Å². The van der Waals surface area contributed by atoms with Crippen LogP contribution in [0.2, 0.25) is 0 Å². The van der Waals surface area contributed by atoms with Crippen molar-refractivity contribution in [2.75, 3.05) is 6.54 Å². The standard InChI is InChI=1S/C10H15N/c1-3-5-9-7-8-11-10(9)6-4-2/h4-6,11H,2-3,7-8H2,1H3/b9-5-,10-6+. The van der Waals surface area contributed by atoms with Gasteiger partial charge in [0.15, 0.2) is 0 Å². The maximum Gasteiger partial charge on any atom is 0.0370 e. The minimum absolute atomic E-state index is 1.07. The molecular formula is C10H15N. The zero-order valence-corrected chi connectivity index (χ0v) is 7.06. The topological polar surface area (TPSA) is 12.0 Å². The van der Waals surface area contributed by atoms with Crippen LogP contribution < -0.4 is 5.32 Å². The second kappa shape index (κ2) is 4.02. The molecule has 0 unspecified atom stereocenters. The van der Waals surface area contributed by atoms with E-state index in [0.717, 1.165) is 19.4 Å². The van der Waals surface area contributed by atoms with Gasteiger partial charge >= 0.3 is 0 Å². The number of hydrogen-bond donors (Lipinski definition) is 1. The van der Waals surface area contributed by atoms with E-state index in [0.29, 0.717) is 0 Å². The summed E-state index contributed by atoms with van der Waals surface area (Å²) in [7, 11) is 0. The molecule has 0 aromatic carbocycles. The molecule has 0 atom stereocenters. The molecular weight excluding hydrogens is 134 g/mol. The Labute approximate surface area is 68.5 Å². The summed E-state index contributed by atoms with van der Waals surface area (Å²) in [6.07, 6.45) is 8.42. The van der Waals surface area contributed by atoms with Gasteiger partial charge in [-0.3, -0.25) is 0 Å². The van der Waals surface area contributed by atoms with Gasteiger partial charge in [0, 0.05) is 12.2 Å². The van der Waals surface area contributed by atoms with Gasteiger partial charge < -0.3 is 5.32 Å². The molecule has 0 amide bonds. The Morgan fingerprint density at radius 2 is 2.45 bits per heavy atom. The molecule has 1 heterocycles. The van der Waals surface area contributed by atoms with Gasteiger partial charge in [-0.15, -0.1) is 0 Å². The highest BCUT2D eigenvalue weighted by molar-refractivity contribution is 5.35. The lowest BCUT2D eigenvalue weighted by atomic mass is 10.1. The first kappa shape index (κ1) is 8.12. The van der Waals surface area contributed by atoms with Crippen molar-refractivity contribution >= 4 is 0 Å². The van der Waals surface area contributed by atoms with Crippen LogP contribution in [0.1, 0.15) is 19.8 Å². The Hall–Kier alpha value is -0.980. The van der Waals surface area contributed by atoms with Gasteiger partial charge in [0.05, 0.1) is 0 Å². The molecule has 11 heavy (non-hydrogen) atoms. The Bertz CT molecular complexity index is 199. The van der Waals surface area contributed by atoms with E-state index in [-0.39, 0.29) is 0 Å². The van der Waals surface area contributed by atoms with E-state index in [1.807, 2.05) is 12.2 Å². The maximum atomic E-state index is 3.68. The third kappa shape index (κ3) is 1.97. The van der Waals surface area contributed by atoms with E-state index in [1.54, 1.807) is 0 Å². The zero-order valence-electron chi connectivity index (χ0n) is 7.06. The number of allylic oxidation sites excluding steroid dienone is 4. The molecule has 60 valence electrons. The fourth-order valence-electron chi connectivity index (χ4n) is 1.32. The van der Waals surface area contributed by atoms with Gasteiger partial charge in [-0.25, -0.2) is 0 Å². The predicted octanol–water partition coefficient (Wildman–Crippen LogP) is 2.39. The summed E-state index contributed by atoms with van der Waals surface area (Å²) in [5.74, 6) is 0. The highest BCUT2D eigenvalue weighted by Gasteiger charge is 2.09. The highest BCUT2D eigenvalue weighted by atomic mass is 14.9. The number of nitrogens with one attached hydrogen (secondary N) is 1. The first-order valence-corrected chi connectivity index (χ1v) is 4.14. The SMILES string of the molecule is C=C/C=C1/NCC/C1=C/CC. The lowest BCUT2D eigenvalue weighted by Crippen LogP contribution is -2.03. The molecule has 0 aliphatic carbocycles. The first-order valence-electron chi connectivity index (χ1n) is 4.14. The largest absolute Gasteiger partial charge is 0.384 e. The highest BCUT2D eigenvalue weighted by Crippen LogP contribution is 2.17. The van der Waals surface area contributed by atoms with E-state index in [9.17, 15) is 0 Å². The second-order valence-electron chi connectivity index (χ2n) is 2.63. The van der Waals surface area contributed by atoms with Gasteiger partial charge in [0.25, 0.3) is 0 Å². The Kier molecular flexibility index (Phi) is 2.96. The Balaban J connectivity index is 2.72. The molecule has 1 aliphatic rings. The molecule has 1 N–H and O–H groups in total. The van der Waals surface area contributed by atoms with Crippen LogP contribution in [0.25, 0.3) is 0 Å². The van der Waals surface area contributed by atoms with Crippen molar-refractivity contribution in [3.8, 4) is 0 Å². The molecule has 1 aliphatic heterocycles. The van der Waals surface area contributed by atoms with Crippen LogP contribution >= 0.6 is 0 Å². The number of rotatable bonds is 2. The normalized spacial score (nSPS) is 24.1. The molecule has 1 saturated heterocycles. The molecule has 0 aromatic heterocycles. The average molecular weight is 149 g/mol. The van der Waals surface area contributed by atoms with Crippen molar-refractivity contribution in [1.29, 1.82) is 0 Å². The molecule has 1 heteroatoms. The van der Waals surface area contributed by atoms with Gasteiger partial charge in [-0.05, 0) is 24.5 Å². The van der Waals surface area contributed by atoms with Crippen LogP contribution in [0.3, 0.4) is 0 Å². The van der Waals surface area contributed by atoms with E-state index in [1.165, 1.54) is 11.3 Å². The van der Waals surface area contributed by atoms with Crippen LogP contribution in [-0.2, 0) is 0 Å². The molecule has 1 fully saturated rings. The zero-order chi connectivity index (χ0) is 8.10. The lowest BCUT2D eigenvalue weighted by Gasteiger charge is -1.97. The summed E-state index contributed by atoms with van der Waals surface area (Å²) >= 11 is 0. The minimum Gasteiger partial charge on any atom is -0.384 e. The van der Waals surface area contributed by atoms with Gasteiger partial charge in [0.2, 0.25) is 0 Å². The summed E-state index contributed by atoms with van der Waals surface area (Å²) in [5, 5.41) is 3.31. The van der Waals surface area contributed by atoms with Crippen molar-refractivity contribution in [2.24, 2.45) is 0 Å². The van der Waals surface area contributed by atoms with E-state index in [2.05, 4.69) is 24.9 Å². The van der Waals surface area contributed by atoms with Crippen LogP contribution in [0.15, 0.2) is 36.1 Å². The third-order valence-corrected chi connectivity index (χ3v) is 1.79. The van der Waals surface area contributed by atoms with Crippen molar-refractivity contribution in [1.82, 2.24) is 5.32 Å². The van der Waals surface area contributed by atoms with Crippen molar-refractivity contribution in [2.45, 2.75) is 19.8 Å². The van der Waals surface area contributed by atoms with Crippen LogP contribution in [-0.4, -0.2) is 6.54 Å². The van der Waals surface area contributed by atoms with Crippen LogP contribution in [0.4, 0.5) is 0 Å². The van der Waals surface area contributed by atoms with Crippen molar-refractivity contribution in [3.05, 3.63) is 36.1 Å². The monoisotopic (exact) mass is 149 g/mol. The summed E-state index contributed by atoms with van der Waals surface area (Å²) in [6, 6.07) is 0. The van der Waals surface area contributed by atoms with E-state index in [4.69, 9.17) is 0 Å². The van der Waals surface area contributed by atoms with Gasteiger partial charge in [-0.1, -0.05) is 25.7 Å². The summed E-state index contributed by atoms with van der Waals surface area (Å²) in [6.45, 7) is 6.91. The Morgan fingerprint density at radius 1 is 1.64 bits per heavy atom. The molecule has 0 aromatic rings. The molecule has 1 rings (SSSR count).